The van der Waals surface area contributed by atoms with Crippen molar-refractivity contribution in [1.29, 1.82) is 0 Å². The zero-order chi connectivity index (χ0) is 16.4. The molecule has 1 aromatic carbocycles. The summed E-state index contributed by atoms with van der Waals surface area (Å²) in [6.07, 6.45) is 1.93. The Bertz CT molecular complexity index is 611. The number of anilines is 1. The van der Waals surface area contributed by atoms with E-state index in [4.69, 9.17) is 5.73 Å². The van der Waals surface area contributed by atoms with E-state index in [1.54, 1.807) is 4.90 Å². The van der Waals surface area contributed by atoms with Crippen LogP contribution in [0.1, 0.15) is 24.0 Å². The number of amides is 2. The van der Waals surface area contributed by atoms with E-state index < -0.39 is 0 Å². The molecular formula is C17H24N4O2. The van der Waals surface area contributed by atoms with Gasteiger partial charge in [-0.05, 0) is 31.0 Å². The number of carbonyl (C=O) groups is 2. The van der Waals surface area contributed by atoms with Crippen LogP contribution in [-0.4, -0.2) is 48.4 Å². The Morgan fingerprint density at radius 2 is 2.17 bits per heavy atom. The molecule has 0 saturated carbocycles. The lowest BCUT2D eigenvalue weighted by molar-refractivity contribution is -0.138. The summed E-state index contributed by atoms with van der Waals surface area (Å²) in [4.78, 5) is 26.0. The molecule has 2 amide bonds. The molecule has 2 aliphatic heterocycles. The summed E-state index contributed by atoms with van der Waals surface area (Å²) in [7, 11) is 0. The molecule has 0 radical (unpaired) electrons. The fourth-order valence-electron chi connectivity index (χ4n) is 3.20. The number of para-hydroxylation sites is 1. The summed E-state index contributed by atoms with van der Waals surface area (Å²) in [5.41, 5.74) is 8.85. The van der Waals surface area contributed by atoms with E-state index in [0.717, 1.165) is 17.7 Å². The average Bonchev–Trinajstić information content (AvgIpc) is 2.93. The molecule has 6 nitrogen and oxygen atoms in total. The second-order valence-electron chi connectivity index (χ2n) is 6.41. The zero-order valence-corrected chi connectivity index (χ0v) is 13.5. The highest BCUT2D eigenvalue weighted by Gasteiger charge is 2.34. The molecule has 2 aliphatic rings. The Labute approximate surface area is 136 Å². The van der Waals surface area contributed by atoms with Gasteiger partial charge in [-0.1, -0.05) is 18.2 Å². The molecule has 1 atom stereocenters. The molecule has 124 valence electrons. The first kappa shape index (κ1) is 15.8. The van der Waals surface area contributed by atoms with Crippen LogP contribution >= 0.6 is 0 Å². The number of rotatable bonds is 5. The van der Waals surface area contributed by atoms with Gasteiger partial charge in [0.1, 0.15) is 6.04 Å². The minimum absolute atomic E-state index is 0.0136. The molecule has 4 N–H and O–H groups in total. The van der Waals surface area contributed by atoms with E-state index in [0.29, 0.717) is 32.5 Å². The lowest BCUT2D eigenvalue weighted by Crippen LogP contribution is -2.62. The van der Waals surface area contributed by atoms with Gasteiger partial charge in [0.2, 0.25) is 11.8 Å². The fourth-order valence-corrected chi connectivity index (χ4v) is 3.20. The van der Waals surface area contributed by atoms with Gasteiger partial charge in [-0.2, -0.15) is 0 Å². The second kappa shape index (κ2) is 6.58. The lowest BCUT2D eigenvalue weighted by atomic mass is 10.1. The first-order chi connectivity index (χ1) is 11.1. The van der Waals surface area contributed by atoms with Crippen molar-refractivity contribution >= 4 is 17.5 Å². The monoisotopic (exact) mass is 316 g/mol. The van der Waals surface area contributed by atoms with Crippen LogP contribution in [0.5, 0.6) is 0 Å². The van der Waals surface area contributed by atoms with Crippen LogP contribution in [0.3, 0.4) is 0 Å². The number of carbonyl (C=O) groups excluding carboxylic acids is 2. The Morgan fingerprint density at radius 1 is 1.39 bits per heavy atom. The van der Waals surface area contributed by atoms with Crippen LogP contribution in [0.4, 0.5) is 5.69 Å². The van der Waals surface area contributed by atoms with E-state index in [-0.39, 0.29) is 23.9 Å². The maximum absolute atomic E-state index is 12.4. The summed E-state index contributed by atoms with van der Waals surface area (Å²) in [5.74, 6) is 0.141. The smallest absolute Gasteiger partial charge is 0.243 e. The molecule has 0 aliphatic carbocycles. The molecule has 0 aromatic heterocycles. The fraction of sp³-hybridized carbons (Fsp3) is 0.529. The number of fused-ring (bicyclic) bond motifs is 1. The molecular weight excluding hydrogens is 292 g/mol. The molecule has 1 saturated heterocycles. The third kappa shape index (κ3) is 3.32. The standard InChI is InChI=1S/C17H24N4O2/c1-11-4-2-5-12-8-14(20-16(11)12)17(23)19-13-9-21(10-13)15(22)6-3-7-18/h2,4-5,13-14,20H,3,6-10,18H2,1H3,(H,19,23). The van der Waals surface area contributed by atoms with Gasteiger partial charge in [0.15, 0.2) is 0 Å². The molecule has 1 fully saturated rings. The van der Waals surface area contributed by atoms with Crippen molar-refractivity contribution in [2.45, 2.75) is 38.3 Å². The van der Waals surface area contributed by atoms with Gasteiger partial charge in [-0.15, -0.1) is 0 Å². The van der Waals surface area contributed by atoms with Gasteiger partial charge in [-0.25, -0.2) is 0 Å². The normalized spacial score (nSPS) is 19.7. The Morgan fingerprint density at radius 3 is 2.87 bits per heavy atom. The first-order valence-electron chi connectivity index (χ1n) is 8.21. The largest absolute Gasteiger partial charge is 0.373 e. The highest BCUT2D eigenvalue weighted by atomic mass is 16.2. The minimum Gasteiger partial charge on any atom is -0.373 e. The van der Waals surface area contributed by atoms with E-state index in [1.165, 1.54) is 5.56 Å². The summed E-state index contributed by atoms with van der Waals surface area (Å²) in [5, 5.41) is 6.35. The summed E-state index contributed by atoms with van der Waals surface area (Å²) < 4.78 is 0. The molecule has 23 heavy (non-hydrogen) atoms. The maximum atomic E-state index is 12.4. The number of hydrogen-bond acceptors (Lipinski definition) is 4. The molecule has 6 heteroatoms. The number of nitrogens with two attached hydrogens (primary N) is 1. The third-order valence-electron chi connectivity index (χ3n) is 4.59. The second-order valence-corrected chi connectivity index (χ2v) is 6.41. The van der Waals surface area contributed by atoms with Crippen LogP contribution < -0.4 is 16.4 Å². The molecule has 1 unspecified atom stereocenters. The van der Waals surface area contributed by atoms with Gasteiger partial charge in [-0.3, -0.25) is 9.59 Å². The minimum atomic E-state index is -0.215. The summed E-state index contributed by atoms with van der Waals surface area (Å²) in [6, 6.07) is 5.98. The van der Waals surface area contributed by atoms with Crippen LogP contribution in [0.15, 0.2) is 18.2 Å². The number of hydrogen-bond donors (Lipinski definition) is 3. The van der Waals surface area contributed by atoms with Crippen LogP contribution in [-0.2, 0) is 16.0 Å². The van der Waals surface area contributed by atoms with Crippen molar-refractivity contribution in [3.05, 3.63) is 29.3 Å². The van der Waals surface area contributed by atoms with E-state index in [9.17, 15) is 9.59 Å². The topological polar surface area (TPSA) is 87.5 Å². The van der Waals surface area contributed by atoms with Crippen molar-refractivity contribution < 1.29 is 9.59 Å². The first-order valence-corrected chi connectivity index (χ1v) is 8.21. The van der Waals surface area contributed by atoms with Crippen molar-refractivity contribution in [3.8, 4) is 0 Å². The number of aryl methyl sites for hydroxylation is 1. The van der Waals surface area contributed by atoms with Crippen molar-refractivity contribution in [1.82, 2.24) is 10.2 Å². The third-order valence-corrected chi connectivity index (χ3v) is 4.59. The van der Waals surface area contributed by atoms with Crippen molar-refractivity contribution in [3.63, 3.8) is 0 Å². The van der Waals surface area contributed by atoms with Crippen molar-refractivity contribution in [2.75, 3.05) is 25.0 Å². The molecule has 3 rings (SSSR count). The van der Waals surface area contributed by atoms with Crippen LogP contribution in [0, 0.1) is 6.92 Å². The predicted octanol–water partition coefficient (Wildman–Crippen LogP) is 0.398. The summed E-state index contributed by atoms with van der Waals surface area (Å²) in [6.45, 7) is 3.79. The van der Waals surface area contributed by atoms with Gasteiger partial charge >= 0.3 is 0 Å². The van der Waals surface area contributed by atoms with Crippen molar-refractivity contribution in [2.24, 2.45) is 5.73 Å². The Hall–Kier alpha value is -2.08. The number of likely N-dealkylation sites (tertiary alicyclic amines) is 1. The SMILES string of the molecule is Cc1cccc2c1NC(C(=O)NC1CN(C(=O)CCCN)C1)C2. The Balaban J connectivity index is 1.46. The van der Waals surface area contributed by atoms with Gasteiger partial charge < -0.3 is 21.3 Å². The van der Waals surface area contributed by atoms with Gasteiger partial charge in [0.25, 0.3) is 0 Å². The van der Waals surface area contributed by atoms with E-state index in [2.05, 4.69) is 16.7 Å². The number of nitrogens with zero attached hydrogens (tertiary/aromatic N) is 1. The molecule has 1 aromatic rings. The summed E-state index contributed by atoms with van der Waals surface area (Å²) >= 11 is 0. The molecule has 0 spiro atoms. The van der Waals surface area contributed by atoms with Crippen LogP contribution in [0.25, 0.3) is 0 Å². The quantitative estimate of drug-likeness (QED) is 0.734. The van der Waals surface area contributed by atoms with E-state index >= 15 is 0 Å². The maximum Gasteiger partial charge on any atom is 0.243 e. The van der Waals surface area contributed by atoms with Gasteiger partial charge in [0.05, 0.1) is 6.04 Å². The highest BCUT2D eigenvalue weighted by molar-refractivity contribution is 5.88. The zero-order valence-electron chi connectivity index (χ0n) is 13.5. The van der Waals surface area contributed by atoms with E-state index in [1.807, 2.05) is 19.1 Å². The molecule has 0 bridgehead atoms. The average molecular weight is 316 g/mol. The lowest BCUT2D eigenvalue weighted by Gasteiger charge is -2.40. The highest BCUT2D eigenvalue weighted by Crippen LogP contribution is 2.29. The molecule has 2 heterocycles. The van der Waals surface area contributed by atoms with Gasteiger partial charge in [0, 0.05) is 31.6 Å². The van der Waals surface area contributed by atoms with Crippen LogP contribution in [0.2, 0.25) is 0 Å². The number of benzene rings is 1. The Kier molecular flexibility index (Phi) is 4.52. The number of nitrogens with one attached hydrogen (secondary N) is 2. The predicted molar refractivity (Wildman–Crippen MR) is 89.1 cm³/mol.